The third-order valence-electron chi connectivity index (χ3n) is 3.64. The van der Waals surface area contributed by atoms with E-state index >= 15 is 0 Å². The van der Waals surface area contributed by atoms with Crippen LogP contribution in [-0.2, 0) is 16.1 Å². The standard InChI is InChI=1S/C17H25NO2/c1-5-14(2)15(3)11-18(13-17(19)20-4)12-16-9-7-6-8-10-16/h5-10,14-15H,1,11-13H2,2-4H3/t14-,15-/m0/s1. The maximum atomic E-state index is 11.5. The van der Waals surface area contributed by atoms with Crippen LogP contribution in [-0.4, -0.2) is 31.1 Å². The summed E-state index contributed by atoms with van der Waals surface area (Å²) in [4.78, 5) is 13.7. The van der Waals surface area contributed by atoms with Crippen LogP contribution in [0.1, 0.15) is 19.4 Å². The van der Waals surface area contributed by atoms with Crippen molar-refractivity contribution in [2.75, 3.05) is 20.2 Å². The average Bonchev–Trinajstić information content (AvgIpc) is 2.47. The third kappa shape index (κ3) is 5.57. The molecule has 0 unspecified atom stereocenters. The Kier molecular flexibility index (Phi) is 7.02. The van der Waals surface area contributed by atoms with Gasteiger partial charge in [-0.1, -0.05) is 50.3 Å². The molecule has 0 fully saturated rings. The van der Waals surface area contributed by atoms with Gasteiger partial charge in [-0.15, -0.1) is 6.58 Å². The van der Waals surface area contributed by atoms with Gasteiger partial charge in [0.2, 0.25) is 0 Å². The van der Waals surface area contributed by atoms with E-state index < -0.39 is 0 Å². The first-order valence-corrected chi connectivity index (χ1v) is 7.02. The normalized spacial score (nSPS) is 13.8. The molecule has 1 rings (SSSR count). The monoisotopic (exact) mass is 275 g/mol. The Morgan fingerprint density at radius 1 is 1.35 bits per heavy atom. The number of allylic oxidation sites excluding steroid dienone is 1. The van der Waals surface area contributed by atoms with Crippen molar-refractivity contribution in [2.24, 2.45) is 11.8 Å². The predicted molar refractivity (Wildman–Crippen MR) is 82.3 cm³/mol. The number of methoxy groups -OCH3 is 1. The summed E-state index contributed by atoms with van der Waals surface area (Å²) in [5.74, 6) is 0.672. The summed E-state index contributed by atoms with van der Waals surface area (Å²) < 4.78 is 4.79. The van der Waals surface area contributed by atoms with Crippen LogP contribution in [0.15, 0.2) is 43.0 Å². The smallest absolute Gasteiger partial charge is 0.319 e. The minimum Gasteiger partial charge on any atom is -0.468 e. The highest BCUT2D eigenvalue weighted by atomic mass is 16.5. The molecule has 2 atom stereocenters. The maximum Gasteiger partial charge on any atom is 0.319 e. The molecule has 0 aliphatic heterocycles. The fourth-order valence-electron chi connectivity index (χ4n) is 2.08. The van der Waals surface area contributed by atoms with Gasteiger partial charge in [-0.25, -0.2) is 0 Å². The van der Waals surface area contributed by atoms with Gasteiger partial charge >= 0.3 is 5.97 Å². The molecule has 3 heteroatoms. The molecule has 1 aromatic rings. The fourth-order valence-corrected chi connectivity index (χ4v) is 2.08. The molecular formula is C17H25NO2. The first-order valence-electron chi connectivity index (χ1n) is 7.02. The molecule has 0 bridgehead atoms. The lowest BCUT2D eigenvalue weighted by molar-refractivity contribution is -0.142. The average molecular weight is 275 g/mol. The Morgan fingerprint density at radius 3 is 2.55 bits per heavy atom. The Labute approximate surface area is 122 Å². The number of benzene rings is 1. The van der Waals surface area contributed by atoms with Crippen molar-refractivity contribution in [3.05, 3.63) is 48.6 Å². The molecule has 0 spiro atoms. The summed E-state index contributed by atoms with van der Waals surface area (Å²) in [6.45, 7) is 10.1. The van der Waals surface area contributed by atoms with E-state index in [9.17, 15) is 4.79 Å². The largest absolute Gasteiger partial charge is 0.468 e. The Bertz CT molecular complexity index is 416. The molecule has 0 saturated heterocycles. The van der Waals surface area contributed by atoms with Gasteiger partial charge in [-0.2, -0.15) is 0 Å². The van der Waals surface area contributed by atoms with Gasteiger partial charge in [-0.3, -0.25) is 9.69 Å². The van der Waals surface area contributed by atoms with Gasteiger partial charge < -0.3 is 4.74 Å². The number of hydrogen-bond donors (Lipinski definition) is 0. The second-order valence-corrected chi connectivity index (χ2v) is 5.30. The van der Waals surface area contributed by atoms with E-state index in [0.29, 0.717) is 18.4 Å². The van der Waals surface area contributed by atoms with Crippen molar-refractivity contribution in [2.45, 2.75) is 20.4 Å². The van der Waals surface area contributed by atoms with E-state index in [0.717, 1.165) is 13.1 Å². The minimum atomic E-state index is -0.195. The zero-order chi connectivity index (χ0) is 15.0. The first-order chi connectivity index (χ1) is 9.56. The molecule has 110 valence electrons. The van der Waals surface area contributed by atoms with Gasteiger partial charge in [0, 0.05) is 13.1 Å². The van der Waals surface area contributed by atoms with Crippen molar-refractivity contribution >= 4 is 5.97 Å². The molecule has 0 heterocycles. The summed E-state index contributed by atoms with van der Waals surface area (Å²) in [6, 6.07) is 10.2. The summed E-state index contributed by atoms with van der Waals surface area (Å²) in [7, 11) is 1.43. The molecule has 0 amide bonds. The lowest BCUT2D eigenvalue weighted by atomic mass is 9.95. The van der Waals surface area contributed by atoms with Crippen molar-refractivity contribution in [1.82, 2.24) is 4.90 Å². The highest BCUT2D eigenvalue weighted by Gasteiger charge is 2.17. The second-order valence-electron chi connectivity index (χ2n) is 5.30. The SMILES string of the molecule is C=C[C@H](C)[C@@H](C)CN(CC(=O)OC)Cc1ccccc1. The van der Waals surface area contributed by atoms with E-state index in [1.54, 1.807) is 0 Å². The molecule has 20 heavy (non-hydrogen) atoms. The molecule has 0 N–H and O–H groups in total. The zero-order valence-electron chi connectivity index (χ0n) is 12.7. The topological polar surface area (TPSA) is 29.5 Å². The van der Waals surface area contributed by atoms with E-state index in [2.05, 4.69) is 37.5 Å². The van der Waals surface area contributed by atoms with Crippen LogP contribution in [0.25, 0.3) is 0 Å². The van der Waals surface area contributed by atoms with Crippen LogP contribution in [0.3, 0.4) is 0 Å². The number of rotatable bonds is 8. The molecule has 0 radical (unpaired) electrons. The Morgan fingerprint density at radius 2 is 2.00 bits per heavy atom. The lowest BCUT2D eigenvalue weighted by Crippen LogP contribution is -2.35. The number of esters is 1. The second kappa shape index (κ2) is 8.54. The van der Waals surface area contributed by atoms with Crippen LogP contribution in [0.2, 0.25) is 0 Å². The molecule has 0 saturated carbocycles. The van der Waals surface area contributed by atoms with Crippen molar-refractivity contribution in [3.8, 4) is 0 Å². The fraction of sp³-hybridized carbons (Fsp3) is 0.471. The number of hydrogen-bond acceptors (Lipinski definition) is 3. The van der Waals surface area contributed by atoms with Gasteiger partial charge in [0.1, 0.15) is 0 Å². The van der Waals surface area contributed by atoms with Gasteiger partial charge in [0.05, 0.1) is 13.7 Å². The number of carbonyl (C=O) groups excluding carboxylic acids is 1. The lowest BCUT2D eigenvalue weighted by Gasteiger charge is -2.26. The van der Waals surface area contributed by atoms with Crippen LogP contribution < -0.4 is 0 Å². The van der Waals surface area contributed by atoms with Crippen LogP contribution >= 0.6 is 0 Å². The number of carbonyl (C=O) groups is 1. The van der Waals surface area contributed by atoms with Crippen LogP contribution in [0, 0.1) is 11.8 Å². The van der Waals surface area contributed by atoms with Crippen LogP contribution in [0.5, 0.6) is 0 Å². The van der Waals surface area contributed by atoms with E-state index in [1.807, 2.05) is 24.3 Å². The highest BCUT2D eigenvalue weighted by molar-refractivity contribution is 5.71. The summed E-state index contributed by atoms with van der Waals surface area (Å²) >= 11 is 0. The van der Waals surface area contributed by atoms with Gasteiger partial charge in [-0.05, 0) is 17.4 Å². The first kappa shape index (κ1) is 16.4. The third-order valence-corrected chi connectivity index (χ3v) is 3.64. The highest BCUT2D eigenvalue weighted by Crippen LogP contribution is 2.15. The van der Waals surface area contributed by atoms with Crippen LogP contribution in [0.4, 0.5) is 0 Å². The maximum absolute atomic E-state index is 11.5. The summed E-state index contributed by atoms with van der Waals surface area (Å²) in [6.07, 6.45) is 1.96. The molecule has 0 aliphatic carbocycles. The van der Waals surface area contributed by atoms with Crippen molar-refractivity contribution in [3.63, 3.8) is 0 Å². The summed E-state index contributed by atoms with van der Waals surface area (Å²) in [5, 5.41) is 0. The molecular weight excluding hydrogens is 250 g/mol. The van der Waals surface area contributed by atoms with Crippen molar-refractivity contribution < 1.29 is 9.53 Å². The Hall–Kier alpha value is -1.61. The number of nitrogens with zero attached hydrogens (tertiary/aromatic N) is 1. The summed E-state index contributed by atoms with van der Waals surface area (Å²) in [5.41, 5.74) is 1.20. The van der Waals surface area contributed by atoms with Gasteiger partial charge in [0.15, 0.2) is 0 Å². The van der Waals surface area contributed by atoms with E-state index in [1.165, 1.54) is 12.7 Å². The number of ether oxygens (including phenoxy) is 1. The van der Waals surface area contributed by atoms with Gasteiger partial charge in [0.25, 0.3) is 0 Å². The molecule has 0 aromatic heterocycles. The predicted octanol–water partition coefficient (Wildman–Crippen LogP) is 3.12. The molecule has 1 aromatic carbocycles. The quantitative estimate of drug-likeness (QED) is 0.539. The molecule has 0 aliphatic rings. The van der Waals surface area contributed by atoms with E-state index in [4.69, 9.17) is 4.74 Å². The minimum absolute atomic E-state index is 0.195. The van der Waals surface area contributed by atoms with E-state index in [-0.39, 0.29) is 5.97 Å². The zero-order valence-corrected chi connectivity index (χ0v) is 12.7. The molecule has 3 nitrogen and oxygen atoms in total. The van der Waals surface area contributed by atoms with Crippen molar-refractivity contribution in [1.29, 1.82) is 0 Å². The Balaban J connectivity index is 2.69.